The number of hydrogen-bond donors (Lipinski definition) is 1. The average Bonchev–Trinajstić information content (AvgIpc) is 3.12. The van der Waals surface area contributed by atoms with Crippen molar-refractivity contribution in [2.24, 2.45) is 0 Å². The molecule has 3 aromatic rings. The predicted molar refractivity (Wildman–Crippen MR) is 87.0 cm³/mol. The number of aromatic nitrogens is 2. The number of nitro groups is 1. The van der Waals surface area contributed by atoms with Crippen LogP contribution in [0.5, 0.6) is 0 Å². The highest BCUT2D eigenvalue weighted by Gasteiger charge is 2.05. The molecule has 3 rings (SSSR count). The van der Waals surface area contributed by atoms with E-state index >= 15 is 0 Å². The highest BCUT2D eigenvalue weighted by atomic mass is 32.1. The Kier molecular flexibility index (Phi) is 4.15. The summed E-state index contributed by atoms with van der Waals surface area (Å²) in [7, 11) is 0. The van der Waals surface area contributed by atoms with Crippen LogP contribution in [0.3, 0.4) is 0 Å². The first-order valence-corrected chi connectivity index (χ1v) is 7.61. The third-order valence-electron chi connectivity index (χ3n) is 3.10. The monoisotopic (exact) mass is 328 g/mol. The van der Waals surface area contributed by atoms with Gasteiger partial charge < -0.3 is 5.32 Å². The maximum atomic E-state index is 11.8. The summed E-state index contributed by atoms with van der Waals surface area (Å²) in [4.78, 5) is 27.3. The van der Waals surface area contributed by atoms with E-state index in [4.69, 9.17) is 0 Å². The van der Waals surface area contributed by atoms with E-state index in [9.17, 15) is 14.9 Å². The molecule has 0 unspecified atom stereocenters. The van der Waals surface area contributed by atoms with Gasteiger partial charge in [-0.05, 0) is 11.6 Å². The quantitative estimate of drug-likeness (QED) is 0.443. The second-order valence-electron chi connectivity index (χ2n) is 4.73. The van der Waals surface area contributed by atoms with Crippen molar-refractivity contribution in [3.63, 3.8) is 0 Å². The first kappa shape index (κ1) is 14.9. The Hall–Kier alpha value is -3.00. The van der Waals surface area contributed by atoms with Crippen molar-refractivity contribution in [3.05, 3.63) is 69.5 Å². The van der Waals surface area contributed by atoms with Crippen LogP contribution in [0.2, 0.25) is 0 Å². The molecule has 0 aliphatic heterocycles. The number of benzene rings is 1. The molecule has 0 saturated heterocycles. The zero-order chi connectivity index (χ0) is 16.2. The number of thiazole rings is 1. The fourth-order valence-corrected chi connectivity index (χ4v) is 2.73. The van der Waals surface area contributed by atoms with E-state index in [0.717, 1.165) is 10.7 Å². The fraction of sp³-hybridized carbons (Fsp3) is 0.0667. The van der Waals surface area contributed by atoms with Gasteiger partial charge in [-0.25, -0.2) is 4.98 Å². The van der Waals surface area contributed by atoms with Gasteiger partial charge in [-0.2, -0.15) is 0 Å². The Bertz CT molecular complexity index is 868. The molecule has 0 bridgehead atoms. The van der Waals surface area contributed by atoms with Crippen LogP contribution in [0.4, 0.5) is 5.69 Å². The number of nitrogens with one attached hydrogen (secondary N) is 1. The van der Waals surface area contributed by atoms with Gasteiger partial charge in [-0.15, -0.1) is 11.3 Å². The number of amides is 1. The van der Waals surface area contributed by atoms with Crippen molar-refractivity contribution in [1.29, 1.82) is 0 Å². The molecule has 0 radical (unpaired) electrons. The van der Waals surface area contributed by atoms with Gasteiger partial charge in [0, 0.05) is 36.0 Å². The second kappa shape index (κ2) is 6.41. The number of hydrogen-bond acceptors (Lipinski definition) is 5. The molecule has 0 aliphatic carbocycles. The first-order chi connectivity index (χ1) is 11.1. The summed E-state index contributed by atoms with van der Waals surface area (Å²) in [6.07, 6.45) is 6.64. The lowest BCUT2D eigenvalue weighted by atomic mass is 10.2. The molecule has 0 saturated carbocycles. The molecule has 0 spiro atoms. The summed E-state index contributed by atoms with van der Waals surface area (Å²) in [6.45, 7) is 0.326. The SMILES string of the molecule is O=C(/C=C/c1cccc([N+](=O)[O-])c1)NCc1cn2ccsc2n1. The molecule has 0 aliphatic rings. The average molecular weight is 328 g/mol. The molecular formula is C15H12N4O3S. The van der Waals surface area contributed by atoms with Crippen molar-refractivity contribution >= 4 is 34.0 Å². The van der Waals surface area contributed by atoms with Crippen molar-refractivity contribution < 1.29 is 9.72 Å². The molecule has 0 atom stereocenters. The van der Waals surface area contributed by atoms with Crippen LogP contribution in [-0.4, -0.2) is 20.2 Å². The molecule has 1 aromatic carbocycles. The van der Waals surface area contributed by atoms with Crippen molar-refractivity contribution in [3.8, 4) is 0 Å². The number of fused-ring (bicyclic) bond motifs is 1. The van der Waals surface area contributed by atoms with Gasteiger partial charge >= 0.3 is 0 Å². The number of non-ortho nitro benzene ring substituents is 1. The Morgan fingerprint density at radius 2 is 2.35 bits per heavy atom. The highest BCUT2D eigenvalue weighted by molar-refractivity contribution is 7.15. The first-order valence-electron chi connectivity index (χ1n) is 6.73. The van der Waals surface area contributed by atoms with Crippen LogP contribution < -0.4 is 5.32 Å². The number of nitrogens with zero attached hydrogens (tertiary/aromatic N) is 3. The largest absolute Gasteiger partial charge is 0.347 e. The third kappa shape index (κ3) is 3.61. The van der Waals surface area contributed by atoms with Crippen LogP contribution in [0.1, 0.15) is 11.3 Å². The molecule has 2 heterocycles. The lowest BCUT2D eigenvalue weighted by Crippen LogP contribution is -2.20. The molecule has 1 N–H and O–H groups in total. The van der Waals surface area contributed by atoms with Gasteiger partial charge in [-0.1, -0.05) is 12.1 Å². The van der Waals surface area contributed by atoms with E-state index in [1.54, 1.807) is 12.1 Å². The third-order valence-corrected chi connectivity index (χ3v) is 3.87. The molecule has 7 nitrogen and oxygen atoms in total. The number of rotatable bonds is 5. The van der Waals surface area contributed by atoms with E-state index in [1.165, 1.54) is 35.6 Å². The zero-order valence-electron chi connectivity index (χ0n) is 11.9. The Morgan fingerprint density at radius 3 is 3.13 bits per heavy atom. The normalized spacial score (nSPS) is 11.1. The lowest BCUT2D eigenvalue weighted by Gasteiger charge is -1.98. The smallest absolute Gasteiger partial charge is 0.270 e. The van der Waals surface area contributed by atoms with Gasteiger partial charge in [0.15, 0.2) is 4.96 Å². The summed E-state index contributed by atoms with van der Waals surface area (Å²) in [5, 5.41) is 15.4. The fourth-order valence-electron chi connectivity index (χ4n) is 2.01. The van der Waals surface area contributed by atoms with Gasteiger partial charge in [0.2, 0.25) is 5.91 Å². The van der Waals surface area contributed by atoms with Gasteiger partial charge in [0.05, 0.1) is 17.2 Å². The minimum atomic E-state index is -0.470. The van der Waals surface area contributed by atoms with Crippen molar-refractivity contribution in [1.82, 2.24) is 14.7 Å². The van der Waals surface area contributed by atoms with E-state index < -0.39 is 4.92 Å². The molecule has 8 heteroatoms. The standard InChI is InChI=1S/C15H12N4O3S/c20-14(5-4-11-2-1-3-13(8-11)19(21)22)16-9-12-10-18-6-7-23-15(18)17-12/h1-8,10H,9H2,(H,16,20)/b5-4+. The molecule has 116 valence electrons. The minimum absolute atomic E-state index is 0.00867. The summed E-state index contributed by atoms with van der Waals surface area (Å²) in [5.74, 6) is -0.284. The summed E-state index contributed by atoms with van der Waals surface area (Å²) >= 11 is 1.52. The maximum absolute atomic E-state index is 11.8. The summed E-state index contributed by atoms with van der Waals surface area (Å²) in [6, 6.07) is 6.09. The Labute approximate surface area is 135 Å². The molecule has 0 fully saturated rings. The Balaban J connectivity index is 1.59. The molecule has 2 aromatic heterocycles. The number of imidazole rings is 1. The zero-order valence-corrected chi connectivity index (χ0v) is 12.7. The second-order valence-corrected chi connectivity index (χ2v) is 5.60. The number of carbonyl (C=O) groups is 1. The Morgan fingerprint density at radius 1 is 1.48 bits per heavy atom. The highest BCUT2D eigenvalue weighted by Crippen LogP contribution is 2.14. The minimum Gasteiger partial charge on any atom is -0.347 e. The van der Waals surface area contributed by atoms with E-state index in [2.05, 4.69) is 10.3 Å². The lowest BCUT2D eigenvalue weighted by molar-refractivity contribution is -0.384. The van der Waals surface area contributed by atoms with E-state index in [0.29, 0.717) is 12.1 Å². The van der Waals surface area contributed by atoms with E-state index in [1.807, 2.05) is 22.2 Å². The van der Waals surface area contributed by atoms with Crippen LogP contribution in [-0.2, 0) is 11.3 Å². The number of nitro benzene ring substituents is 1. The van der Waals surface area contributed by atoms with Gasteiger partial charge in [0.25, 0.3) is 5.69 Å². The van der Waals surface area contributed by atoms with Crippen LogP contribution in [0, 0.1) is 10.1 Å². The van der Waals surface area contributed by atoms with Crippen LogP contribution in [0.25, 0.3) is 11.0 Å². The molecule has 1 amide bonds. The van der Waals surface area contributed by atoms with Crippen molar-refractivity contribution in [2.45, 2.75) is 6.54 Å². The van der Waals surface area contributed by atoms with E-state index in [-0.39, 0.29) is 11.6 Å². The number of carbonyl (C=O) groups excluding carboxylic acids is 1. The molecular weight excluding hydrogens is 316 g/mol. The van der Waals surface area contributed by atoms with Crippen molar-refractivity contribution in [2.75, 3.05) is 0 Å². The van der Waals surface area contributed by atoms with Gasteiger partial charge in [0.1, 0.15) is 0 Å². The molecule has 23 heavy (non-hydrogen) atoms. The predicted octanol–water partition coefficient (Wildman–Crippen LogP) is 2.63. The maximum Gasteiger partial charge on any atom is 0.270 e. The van der Waals surface area contributed by atoms with Crippen LogP contribution >= 0.6 is 11.3 Å². The summed E-state index contributed by atoms with van der Waals surface area (Å²) in [5.41, 5.74) is 1.36. The summed E-state index contributed by atoms with van der Waals surface area (Å²) < 4.78 is 1.89. The van der Waals surface area contributed by atoms with Gasteiger partial charge in [-0.3, -0.25) is 19.3 Å². The topological polar surface area (TPSA) is 89.5 Å². The van der Waals surface area contributed by atoms with Crippen LogP contribution in [0.15, 0.2) is 48.1 Å².